The topological polar surface area (TPSA) is 29.5 Å². The second kappa shape index (κ2) is 8.89. The van der Waals surface area contributed by atoms with E-state index in [1.165, 1.54) is 19.3 Å². The Balaban J connectivity index is 2.77. The maximum absolute atomic E-state index is 10.3. The van der Waals surface area contributed by atoms with E-state index in [2.05, 4.69) is 20.8 Å². The van der Waals surface area contributed by atoms with Gasteiger partial charge in [0.05, 0.1) is 6.61 Å². The molecule has 0 radical (unpaired) electrons. The fourth-order valence-corrected chi connectivity index (χ4v) is 2.42. The van der Waals surface area contributed by atoms with Crippen LogP contribution in [0.15, 0.2) is 12.1 Å². The van der Waals surface area contributed by atoms with Gasteiger partial charge in [-0.3, -0.25) is 0 Å². The zero-order chi connectivity index (χ0) is 15.0. The standard InChI is InChI=1S/C18H30O2/c1-5-7-9-10-14(3)17-13-16(20-11-8-6-2)12-15(4)18(17)19/h12-14,19H,5-11H2,1-4H3. The SMILES string of the molecule is CCCCCC(C)c1cc(OCCCC)cc(C)c1O. The van der Waals surface area contributed by atoms with Gasteiger partial charge in [-0.05, 0) is 43.4 Å². The summed E-state index contributed by atoms with van der Waals surface area (Å²) in [6, 6.07) is 3.96. The minimum absolute atomic E-state index is 0.384. The number of hydrogen-bond donors (Lipinski definition) is 1. The van der Waals surface area contributed by atoms with Crippen LogP contribution in [0.1, 0.15) is 76.3 Å². The van der Waals surface area contributed by atoms with E-state index in [0.29, 0.717) is 11.7 Å². The molecule has 0 heterocycles. The molecule has 0 spiro atoms. The summed E-state index contributed by atoms with van der Waals surface area (Å²) in [4.78, 5) is 0. The number of aromatic hydroxyl groups is 1. The van der Waals surface area contributed by atoms with E-state index in [-0.39, 0.29) is 0 Å². The lowest BCUT2D eigenvalue weighted by Gasteiger charge is -2.17. The second-order valence-corrected chi connectivity index (χ2v) is 5.78. The Hall–Kier alpha value is -1.18. The summed E-state index contributed by atoms with van der Waals surface area (Å²) in [7, 11) is 0. The van der Waals surface area contributed by atoms with Crippen molar-refractivity contribution in [1.82, 2.24) is 0 Å². The third kappa shape index (κ3) is 5.07. The highest BCUT2D eigenvalue weighted by molar-refractivity contribution is 5.47. The van der Waals surface area contributed by atoms with Gasteiger partial charge in [0.2, 0.25) is 0 Å². The molecule has 0 aliphatic rings. The Labute approximate surface area is 124 Å². The molecule has 0 bridgehead atoms. The number of aryl methyl sites for hydroxylation is 1. The van der Waals surface area contributed by atoms with Gasteiger partial charge in [0.15, 0.2) is 0 Å². The van der Waals surface area contributed by atoms with E-state index in [1.54, 1.807) is 0 Å². The van der Waals surface area contributed by atoms with E-state index < -0.39 is 0 Å². The summed E-state index contributed by atoms with van der Waals surface area (Å²) in [5.41, 5.74) is 1.95. The van der Waals surface area contributed by atoms with Gasteiger partial charge in [-0.25, -0.2) is 0 Å². The van der Waals surface area contributed by atoms with E-state index >= 15 is 0 Å². The number of rotatable bonds is 9. The molecule has 1 N–H and O–H groups in total. The van der Waals surface area contributed by atoms with Crippen molar-refractivity contribution in [2.75, 3.05) is 6.61 Å². The van der Waals surface area contributed by atoms with E-state index in [4.69, 9.17) is 4.74 Å². The maximum atomic E-state index is 10.3. The minimum atomic E-state index is 0.384. The third-order valence-electron chi connectivity index (χ3n) is 3.84. The number of hydrogen-bond acceptors (Lipinski definition) is 2. The smallest absolute Gasteiger partial charge is 0.122 e. The van der Waals surface area contributed by atoms with Crippen molar-refractivity contribution >= 4 is 0 Å². The molecule has 0 fully saturated rings. The van der Waals surface area contributed by atoms with Crippen LogP contribution in [0.4, 0.5) is 0 Å². The van der Waals surface area contributed by atoms with Gasteiger partial charge in [-0.1, -0.05) is 46.5 Å². The molecule has 20 heavy (non-hydrogen) atoms. The Kier molecular flexibility index (Phi) is 7.50. The van der Waals surface area contributed by atoms with Crippen molar-refractivity contribution in [3.8, 4) is 11.5 Å². The quantitative estimate of drug-likeness (QED) is 0.599. The van der Waals surface area contributed by atoms with Gasteiger partial charge in [0, 0.05) is 5.56 Å². The third-order valence-corrected chi connectivity index (χ3v) is 3.84. The Morgan fingerprint density at radius 1 is 1.10 bits per heavy atom. The summed E-state index contributed by atoms with van der Waals surface area (Å²) in [5.74, 6) is 1.72. The van der Waals surface area contributed by atoms with Gasteiger partial charge < -0.3 is 9.84 Å². The number of ether oxygens (including phenoxy) is 1. The first-order chi connectivity index (χ1) is 9.60. The van der Waals surface area contributed by atoms with Gasteiger partial charge in [0.1, 0.15) is 11.5 Å². The van der Waals surface area contributed by atoms with E-state index in [9.17, 15) is 5.11 Å². The number of phenols is 1. The van der Waals surface area contributed by atoms with Crippen LogP contribution in [0.5, 0.6) is 11.5 Å². The zero-order valence-electron chi connectivity index (χ0n) is 13.5. The van der Waals surface area contributed by atoms with Crippen LogP contribution in [0, 0.1) is 6.92 Å². The van der Waals surface area contributed by atoms with Crippen LogP contribution >= 0.6 is 0 Å². The van der Waals surface area contributed by atoms with Crippen molar-refractivity contribution < 1.29 is 9.84 Å². The Morgan fingerprint density at radius 3 is 2.45 bits per heavy atom. The van der Waals surface area contributed by atoms with Gasteiger partial charge in [0.25, 0.3) is 0 Å². The highest BCUT2D eigenvalue weighted by atomic mass is 16.5. The van der Waals surface area contributed by atoms with Crippen LogP contribution in [0.3, 0.4) is 0 Å². The van der Waals surface area contributed by atoms with Crippen LogP contribution in [0.25, 0.3) is 0 Å². The average Bonchev–Trinajstić information content (AvgIpc) is 2.43. The lowest BCUT2D eigenvalue weighted by molar-refractivity contribution is 0.307. The maximum Gasteiger partial charge on any atom is 0.122 e. The molecule has 2 nitrogen and oxygen atoms in total. The van der Waals surface area contributed by atoms with Crippen molar-refractivity contribution in [1.29, 1.82) is 0 Å². The predicted octanol–water partition coefficient (Wildman–Crippen LogP) is 5.56. The molecule has 0 aromatic heterocycles. The Bertz CT molecular complexity index is 399. The van der Waals surface area contributed by atoms with Crippen LogP contribution in [-0.4, -0.2) is 11.7 Å². The predicted molar refractivity (Wildman–Crippen MR) is 85.8 cm³/mol. The van der Waals surface area contributed by atoms with Crippen molar-refractivity contribution in [2.24, 2.45) is 0 Å². The van der Waals surface area contributed by atoms with Crippen molar-refractivity contribution in [2.45, 2.75) is 72.1 Å². The highest BCUT2D eigenvalue weighted by Gasteiger charge is 2.14. The fraction of sp³-hybridized carbons (Fsp3) is 0.667. The van der Waals surface area contributed by atoms with Crippen molar-refractivity contribution in [3.63, 3.8) is 0 Å². The molecule has 0 aliphatic heterocycles. The van der Waals surface area contributed by atoms with Crippen LogP contribution in [-0.2, 0) is 0 Å². The molecule has 0 saturated heterocycles. The lowest BCUT2D eigenvalue weighted by atomic mass is 9.92. The fourth-order valence-electron chi connectivity index (χ4n) is 2.42. The van der Waals surface area contributed by atoms with Crippen LogP contribution in [0.2, 0.25) is 0 Å². The number of benzene rings is 1. The zero-order valence-corrected chi connectivity index (χ0v) is 13.5. The molecule has 0 saturated carbocycles. The summed E-state index contributed by atoms with van der Waals surface area (Å²) in [5, 5.41) is 10.3. The summed E-state index contributed by atoms with van der Waals surface area (Å²) < 4.78 is 5.79. The molecule has 0 aliphatic carbocycles. The first-order valence-corrected chi connectivity index (χ1v) is 8.06. The Morgan fingerprint density at radius 2 is 1.80 bits per heavy atom. The molecule has 1 aromatic carbocycles. The van der Waals surface area contributed by atoms with Crippen LogP contribution < -0.4 is 4.74 Å². The average molecular weight is 278 g/mol. The molecule has 1 rings (SSSR count). The first kappa shape index (κ1) is 16.9. The minimum Gasteiger partial charge on any atom is -0.507 e. The monoisotopic (exact) mass is 278 g/mol. The molecule has 2 heteroatoms. The molecule has 1 unspecified atom stereocenters. The molecule has 1 aromatic rings. The molecular weight excluding hydrogens is 248 g/mol. The molecule has 114 valence electrons. The molecular formula is C18H30O2. The number of unbranched alkanes of at least 4 members (excludes halogenated alkanes) is 3. The van der Waals surface area contributed by atoms with Gasteiger partial charge >= 0.3 is 0 Å². The second-order valence-electron chi connectivity index (χ2n) is 5.78. The summed E-state index contributed by atoms with van der Waals surface area (Å²) >= 11 is 0. The first-order valence-electron chi connectivity index (χ1n) is 8.06. The summed E-state index contributed by atoms with van der Waals surface area (Å²) in [6.07, 6.45) is 7.05. The molecule has 0 amide bonds. The lowest BCUT2D eigenvalue weighted by Crippen LogP contribution is -2.00. The van der Waals surface area contributed by atoms with E-state index in [1.807, 2.05) is 19.1 Å². The van der Waals surface area contributed by atoms with Crippen molar-refractivity contribution in [3.05, 3.63) is 23.3 Å². The summed E-state index contributed by atoms with van der Waals surface area (Å²) in [6.45, 7) is 9.27. The normalized spacial score (nSPS) is 12.4. The number of phenolic OH excluding ortho intramolecular Hbond substituents is 1. The van der Waals surface area contributed by atoms with E-state index in [0.717, 1.165) is 42.7 Å². The van der Waals surface area contributed by atoms with Gasteiger partial charge in [-0.2, -0.15) is 0 Å². The largest absolute Gasteiger partial charge is 0.507 e. The van der Waals surface area contributed by atoms with Gasteiger partial charge in [-0.15, -0.1) is 0 Å². The molecule has 1 atom stereocenters. The highest BCUT2D eigenvalue weighted by Crippen LogP contribution is 2.35.